The van der Waals surface area contributed by atoms with Crippen molar-refractivity contribution in [3.05, 3.63) is 28.2 Å². The molecule has 0 aliphatic carbocycles. The Bertz CT molecular complexity index is 378. The molecule has 16 heavy (non-hydrogen) atoms. The van der Waals surface area contributed by atoms with Crippen molar-refractivity contribution in [1.29, 1.82) is 0 Å². The SMILES string of the molecule is CCN(CC)C(=S)Nc1cc(Cl)ccc1Cl. The van der Waals surface area contributed by atoms with Crippen LogP contribution in [0.5, 0.6) is 0 Å². The zero-order valence-electron chi connectivity index (χ0n) is 9.26. The van der Waals surface area contributed by atoms with E-state index in [9.17, 15) is 0 Å². The van der Waals surface area contributed by atoms with Gasteiger partial charge in [0.15, 0.2) is 5.11 Å². The highest BCUT2D eigenvalue weighted by Crippen LogP contribution is 2.25. The van der Waals surface area contributed by atoms with Gasteiger partial charge in [0.25, 0.3) is 0 Å². The Labute approximate surface area is 112 Å². The van der Waals surface area contributed by atoms with Gasteiger partial charge in [-0.25, -0.2) is 0 Å². The van der Waals surface area contributed by atoms with E-state index in [4.69, 9.17) is 35.4 Å². The minimum Gasteiger partial charge on any atom is -0.350 e. The van der Waals surface area contributed by atoms with Crippen LogP contribution in [0.25, 0.3) is 0 Å². The molecule has 1 N–H and O–H groups in total. The summed E-state index contributed by atoms with van der Waals surface area (Å²) >= 11 is 17.2. The molecule has 0 radical (unpaired) electrons. The summed E-state index contributed by atoms with van der Waals surface area (Å²) in [4.78, 5) is 2.03. The average molecular weight is 277 g/mol. The van der Waals surface area contributed by atoms with Gasteiger partial charge >= 0.3 is 0 Å². The maximum Gasteiger partial charge on any atom is 0.173 e. The van der Waals surface area contributed by atoms with Crippen molar-refractivity contribution in [2.24, 2.45) is 0 Å². The maximum atomic E-state index is 6.03. The predicted molar refractivity (Wildman–Crippen MR) is 75.6 cm³/mol. The Morgan fingerprint density at radius 3 is 2.50 bits per heavy atom. The fourth-order valence-corrected chi connectivity index (χ4v) is 2.00. The van der Waals surface area contributed by atoms with E-state index >= 15 is 0 Å². The highest BCUT2D eigenvalue weighted by molar-refractivity contribution is 7.80. The lowest BCUT2D eigenvalue weighted by Gasteiger charge is -2.22. The lowest BCUT2D eigenvalue weighted by molar-refractivity contribution is 0.473. The number of hydrogen-bond donors (Lipinski definition) is 1. The molecular weight excluding hydrogens is 263 g/mol. The highest BCUT2D eigenvalue weighted by Gasteiger charge is 2.07. The smallest absolute Gasteiger partial charge is 0.173 e. The minimum absolute atomic E-state index is 0.610. The Kier molecular flexibility index (Phi) is 5.32. The van der Waals surface area contributed by atoms with Crippen LogP contribution < -0.4 is 5.32 Å². The first-order valence-corrected chi connectivity index (χ1v) is 6.25. The summed E-state index contributed by atoms with van der Waals surface area (Å²) in [7, 11) is 0. The second-order valence-corrected chi connectivity index (χ2v) is 4.46. The quantitative estimate of drug-likeness (QED) is 0.840. The monoisotopic (exact) mass is 276 g/mol. The fourth-order valence-electron chi connectivity index (χ4n) is 1.30. The molecule has 0 aliphatic rings. The van der Waals surface area contributed by atoms with E-state index in [2.05, 4.69) is 19.2 Å². The van der Waals surface area contributed by atoms with Crippen LogP contribution in [0.4, 0.5) is 5.69 Å². The maximum absolute atomic E-state index is 6.03. The summed E-state index contributed by atoms with van der Waals surface area (Å²) in [5.41, 5.74) is 0.742. The zero-order valence-corrected chi connectivity index (χ0v) is 11.6. The third kappa shape index (κ3) is 3.51. The summed E-state index contributed by atoms with van der Waals surface area (Å²) in [6.07, 6.45) is 0. The van der Waals surface area contributed by atoms with E-state index in [1.165, 1.54) is 0 Å². The van der Waals surface area contributed by atoms with Crippen molar-refractivity contribution < 1.29 is 0 Å². The molecule has 0 amide bonds. The largest absolute Gasteiger partial charge is 0.350 e. The lowest BCUT2D eigenvalue weighted by Crippen LogP contribution is -2.34. The molecule has 1 aromatic rings. The first-order valence-electron chi connectivity index (χ1n) is 5.09. The van der Waals surface area contributed by atoms with Gasteiger partial charge in [0.05, 0.1) is 10.7 Å². The number of hydrogen-bond acceptors (Lipinski definition) is 1. The number of anilines is 1. The summed E-state index contributed by atoms with van der Waals surface area (Å²) < 4.78 is 0. The predicted octanol–water partition coefficient (Wildman–Crippen LogP) is 4.03. The van der Waals surface area contributed by atoms with Crippen molar-refractivity contribution in [2.45, 2.75) is 13.8 Å². The van der Waals surface area contributed by atoms with Gasteiger partial charge in [-0.3, -0.25) is 0 Å². The van der Waals surface area contributed by atoms with Crippen LogP contribution >= 0.6 is 35.4 Å². The number of benzene rings is 1. The van der Waals surface area contributed by atoms with Crippen molar-refractivity contribution in [3.8, 4) is 0 Å². The highest BCUT2D eigenvalue weighted by atomic mass is 35.5. The van der Waals surface area contributed by atoms with E-state index in [-0.39, 0.29) is 0 Å². The number of thiocarbonyl (C=S) groups is 1. The Hall–Kier alpha value is -0.510. The molecule has 1 rings (SSSR count). The van der Waals surface area contributed by atoms with E-state index in [0.29, 0.717) is 15.2 Å². The molecule has 0 atom stereocenters. The lowest BCUT2D eigenvalue weighted by atomic mass is 10.3. The third-order valence-corrected chi connectivity index (χ3v) is 3.15. The topological polar surface area (TPSA) is 15.3 Å². The zero-order chi connectivity index (χ0) is 12.1. The van der Waals surface area contributed by atoms with Gasteiger partial charge in [-0.1, -0.05) is 23.2 Å². The molecular formula is C11H14Cl2N2S. The Balaban J connectivity index is 2.80. The molecule has 0 saturated carbocycles. The molecule has 0 aliphatic heterocycles. The molecule has 88 valence electrons. The van der Waals surface area contributed by atoms with E-state index < -0.39 is 0 Å². The molecule has 0 heterocycles. The molecule has 0 saturated heterocycles. The summed E-state index contributed by atoms with van der Waals surface area (Å²) in [5, 5.41) is 5.00. The number of nitrogens with zero attached hydrogens (tertiary/aromatic N) is 1. The molecule has 0 aromatic heterocycles. The van der Waals surface area contributed by atoms with Crippen molar-refractivity contribution >= 4 is 46.2 Å². The van der Waals surface area contributed by atoms with Crippen LogP contribution in [0.3, 0.4) is 0 Å². The molecule has 1 aromatic carbocycles. The van der Waals surface area contributed by atoms with Crippen molar-refractivity contribution in [2.75, 3.05) is 18.4 Å². The van der Waals surface area contributed by atoms with Gasteiger partial charge in [0, 0.05) is 18.1 Å². The van der Waals surface area contributed by atoms with E-state index in [0.717, 1.165) is 18.8 Å². The number of rotatable bonds is 3. The Morgan fingerprint density at radius 1 is 1.31 bits per heavy atom. The van der Waals surface area contributed by atoms with Crippen LogP contribution in [-0.4, -0.2) is 23.1 Å². The second-order valence-electron chi connectivity index (χ2n) is 3.23. The number of nitrogens with one attached hydrogen (secondary N) is 1. The van der Waals surface area contributed by atoms with Crippen LogP contribution in [0.2, 0.25) is 10.0 Å². The Morgan fingerprint density at radius 2 is 1.94 bits per heavy atom. The summed E-state index contributed by atoms with van der Waals surface area (Å²) in [6, 6.07) is 5.26. The molecule has 5 heteroatoms. The van der Waals surface area contributed by atoms with Gasteiger partial charge in [-0.2, -0.15) is 0 Å². The van der Waals surface area contributed by atoms with Crippen LogP contribution in [0.1, 0.15) is 13.8 Å². The fraction of sp³-hybridized carbons (Fsp3) is 0.364. The first kappa shape index (κ1) is 13.6. The van der Waals surface area contributed by atoms with E-state index in [1.54, 1.807) is 18.2 Å². The average Bonchev–Trinajstić information content (AvgIpc) is 2.25. The minimum atomic E-state index is 0.610. The summed E-state index contributed by atoms with van der Waals surface area (Å²) in [6.45, 7) is 5.83. The number of halogens is 2. The van der Waals surface area contributed by atoms with E-state index in [1.807, 2.05) is 4.90 Å². The molecule has 0 bridgehead atoms. The normalized spacial score (nSPS) is 10.0. The van der Waals surface area contributed by atoms with Crippen LogP contribution in [0.15, 0.2) is 18.2 Å². The van der Waals surface area contributed by atoms with Crippen molar-refractivity contribution in [3.63, 3.8) is 0 Å². The van der Waals surface area contributed by atoms with Crippen LogP contribution in [0, 0.1) is 0 Å². The summed E-state index contributed by atoms with van der Waals surface area (Å²) in [5.74, 6) is 0. The standard InChI is InChI=1S/C11H14Cl2N2S/c1-3-15(4-2)11(16)14-10-7-8(12)5-6-9(10)13/h5-7H,3-4H2,1-2H3,(H,14,16). The van der Waals surface area contributed by atoms with Gasteiger partial charge in [-0.05, 0) is 44.3 Å². The molecule has 0 unspecified atom stereocenters. The van der Waals surface area contributed by atoms with Gasteiger partial charge in [0.1, 0.15) is 0 Å². The molecule has 0 fully saturated rings. The van der Waals surface area contributed by atoms with Gasteiger partial charge in [0.2, 0.25) is 0 Å². The second kappa shape index (κ2) is 6.28. The van der Waals surface area contributed by atoms with Gasteiger partial charge in [-0.15, -0.1) is 0 Å². The van der Waals surface area contributed by atoms with Crippen molar-refractivity contribution in [1.82, 2.24) is 4.90 Å². The molecule has 0 spiro atoms. The molecule has 2 nitrogen and oxygen atoms in total. The first-order chi connectivity index (χ1) is 7.58. The third-order valence-electron chi connectivity index (χ3n) is 2.22. The van der Waals surface area contributed by atoms with Crippen LogP contribution in [-0.2, 0) is 0 Å². The van der Waals surface area contributed by atoms with Gasteiger partial charge < -0.3 is 10.2 Å².